The van der Waals surface area contributed by atoms with Gasteiger partial charge in [0.05, 0.1) is 17.4 Å². The normalized spacial score (nSPS) is 11.2. The fraction of sp³-hybridized carbons (Fsp3) is 0.100. The number of thiophene rings is 1. The molecule has 5 nitrogen and oxygen atoms in total. The van der Waals surface area contributed by atoms with Crippen LogP contribution in [-0.2, 0) is 7.05 Å². The molecule has 3 aromatic rings. The van der Waals surface area contributed by atoms with E-state index in [1.807, 2.05) is 23.2 Å². The number of rotatable bonds is 1. The van der Waals surface area contributed by atoms with Crippen LogP contribution in [0.3, 0.4) is 0 Å². The number of hydrogen-bond donors (Lipinski definition) is 1. The third kappa shape index (κ3) is 1.65. The molecule has 0 bridgehead atoms. The summed E-state index contributed by atoms with van der Waals surface area (Å²) in [6, 6.07) is 0. The molecule has 0 atom stereocenters. The van der Waals surface area contributed by atoms with Crippen molar-refractivity contribution in [2.45, 2.75) is 0 Å². The Morgan fingerprint density at radius 3 is 2.94 bits per heavy atom. The first-order valence-electron chi connectivity index (χ1n) is 4.83. The van der Waals surface area contributed by atoms with Gasteiger partial charge in [0.15, 0.2) is 0 Å². The van der Waals surface area contributed by atoms with Gasteiger partial charge in [-0.05, 0) is 11.6 Å². The minimum absolute atomic E-state index is 0.171. The molecule has 3 rings (SSSR count). The Labute approximate surface area is 106 Å². The van der Waals surface area contributed by atoms with Crippen LogP contribution in [0.2, 0.25) is 5.28 Å². The number of anilines is 1. The summed E-state index contributed by atoms with van der Waals surface area (Å²) < 4.78 is 1.88. The number of nitrogen functional groups attached to an aromatic ring is 1. The highest BCUT2D eigenvalue weighted by molar-refractivity contribution is 7.17. The molecule has 2 N–H and O–H groups in total. The van der Waals surface area contributed by atoms with Crippen molar-refractivity contribution < 1.29 is 0 Å². The molecule has 0 aromatic carbocycles. The van der Waals surface area contributed by atoms with E-state index >= 15 is 0 Å². The number of fused-ring (bicyclic) bond motifs is 1. The van der Waals surface area contributed by atoms with Gasteiger partial charge in [-0.2, -0.15) is 0 Å². The second-order valence-corrected chi connectivity index (χ2v) is 4.83. The monoisotopic (exact) mass is 265 g/mol. The Bertz CT molecular complexity index is 702. The van der Waals surface area contributed by atoms with E-state index < -0.39 is 0 Å². The molecule has 0 amide bonds. The standard InChI is InChI=1S/C10H8ClN5S/c1-16-2-6(13-4-16)5-3-17-9-7(5)8(12)14-10(11)15-9/h2-4H,1H3,(H2,12,14,15). The van der Waals surface area contributed by atoms with Gasteiger partial charge in [-0.15, -0.1) is 11.3 Å². The Morgan fingerprint density at radius 2 is 2.24 bits per heavy atom. The minimum Gasteiger partial charge on any atom is -0.383 e. The molecule has 7 heteroatoms. The van der Waals surface area contributed by atoms with Crippen molar-refractivity contribution in [3.8, 4) is 11.3 Å². The molecule has 3 heterocycles. The van der Waals surface area contributed by atoms with Crippen LogP contribution in [0, 0.1) is 0 Å². The highest BCUT2D eigenvalue weighted by atomic mass is 35.5. The smallest absolute Gasteiger partial charge is 0.225 e. The zero-order valence-corrected chi connectivity index (χ0v) is 10.5. The van der Waals surface area contributed by atoms with Crippen LogP contribution < -0.4 is 5.73 Å². The van der Waals surface area contributed by atoms with E-state index in [0.717, 1.165) is 21.5 Å². The molecule has 0 radical (unpaired) electrons. The molecular weight excluding hydrogens is 258 g/mol. The van der Waals surface area contributed by atoms with E-state index in [0.29, 0.717) is 5.82 Å². The van der Waals surface area contributed by atoms with Gasteiger partial charge < -0.3 is 10.3 Å². The summed E-state index contributed by atoms with van der Waals surface area (Å²) in [5.41, 5.74) is 7.68. The molecule has 17 heavy (non-hydrogen) atoms. The summed E-state index contributed by atoms with van der Waals surface area (Å²) >= 11 is 7.25. The molecule has 0 aliphatic rings. The van der Waals surface area contributed by atoms with Crippen molar-refractivity contribution >= 4 is 39.0 Å². The van der Waals surface area contributed by atoms with Gasteiger partial charge in [0, 0.05) is 24.2 Å². The molecule has 0 unspecified atom stereocenters. The van der Waals surface area contributed by atoms with Crippen LogP contribution in [0.1, 0.15) is 0 Å². The quantitative estimate of drug-likeness (QED) is 0.686. The summed E-state index contributed by atoms with van der Waals surface area (Å²) in [7, 11) is 1.92. The lowest BCUT2D eigenvalue weighted by Gasteiger charge is -1.98. The zero-order chi connectivity index (χ0) is 12.0. The molecule has 0 spiro atoms. The SMILES string of the molecule is Cn1cnc(-c2csc3nc(Cl)nc(N)c23)c1. The molecule has 3 aromatic heterocycles. The van der Waals surface area contributed by atoms with E-state index in [1.54, 1.807) is 6.33 Å². The third-order valence-electron chi connectivity index (χ3n) is 2.42. The lowest BCUT2D eigenvalue weighted by Crippen LogP contribution is -1.93. The summed E-state index contributed by atoms with van der Waals surface area (Å²) in [5.74, 6) is 0.391. The van der Waals surface area contributed by atoms with E-state index in [9.17, 15) is 0 Å². The predicted octanol–water partition coefficient (Wildman–Crippen LogP) is 2.33. The average Bonchev–Trinajstić information content (AvgIpc) is 2.83. The highest BCUT2D eigenvalue weighted by Gasteiger charge is 2.14. The van der Waals surface area contributed by atoms with Crippen molar-refractivity contribution in [3.63, 3.8) is 0 Å². The van der Waals surface area contributed by atoms with Crippen LogP contribution in [0.4, 0.5) is 5.82 Å². The zero-order valence-electron chi connectivity index (χ0n) is 8.88. The highest BCUT2D eigenvalue weighted by Crippen LogP contribution is 2.35. The number of nitrogens with two attached hydrogens (primary N) is 1. The number of aryl methyl sites for hydroxylation is 1. The fourth-order valence-electron chi connectivity index (χ4n) is 1.68. The second kappa shape index (κ2) is 3.68. The van der Waals surface area contributed by atoms with Gasteiger partial charge in [-0.25, -0.2) is 15.0 Å². The molecule has 0 fully saturated rings. The van der Waals surface area contributed by atoms with Crippen LogP contribution in [0.5, 0.6) is 0 Å². The maximum atomic E-state index is 5.88. The number of nitrogens with zero attached hydrogens (tertiary/aromatic N) is 4. The maximum Gasteiger partial charge on any atom is 0.225 e. The predicted molar refractivity (Wildman–Crippen MR) is 69.0 cm³/mol. The van der Waals surface area contributed by atoms with E-state index in [-0.39, 0.29) is 5.28 Å². The lowest BCUT2D eigenvalue weighted by molar-refractivity contribution is 0.913. The van der Waals surface area contributed by atoms with Gasteiger partial charge in [-0.3, -0.25) is 0 Å². The van der Waals surface area contributed by atoms with Crippen molar-refractivity contribution in [2.24, 2.45) is 7.05 Å². The molecule has 0 saturated heterocycles. The number of hydrogen-bond acceptors (Lipinski definition) is 5. The Balaban J connectivity index is 2.31. The topological polar surface area (TPSA) is 69.6 Å². The summed E-state index contributed by atoms with van der Waals surface area (Å²) in [4.78, 5) is 13.2. The van der Waals surface area contributed by atoms with Gasteiger partial charge >= 0.3 is 0 Å². The summed E-state index contributed by atoms with van der Waals surface area (Å²) in [6.07, 6.45) is 3.67. The van der Waals surface area contributed by atoms with Gasteiger partial charge in [-0.1, -0.05) is 0 Å². The van der Waals surface area contributed by atoms with Gasteiger partial charge in [0.1, 0.15) is 10.6 Å². The molecule has 0 saturated carbocycles. The Morgan fingerprint density at radius 1 is 1.41 bits per heavy atom. The first-order chi connectivity index (χ1) is 8.15. The summed E-state index contributed by atoms with van der Waals surface area (Å²) in [5, 5.41) is 2.96. The van der Waals surface area contributed by atoms with Crippen LogP contribution in [0.15, 0.2) is 17.9 Å². The van der Waals surface area contributed by atoms with Crippen LogP contribution in [-0.4, -0.2) is 19.5 Å². The van der Waals surface area contributed by atoms with Crippen molar-refractivity contribution in [1.29, 1.82) is 0 Å². The van der Waals surface area contributed by atoms with E-state index in [4.69, 9.17) is 17.3 Å². The minimum atomic E-state index is 0.171. The number of halogens is 1. The van der Waals surface area contributed by atoms with Gasteiger partial charge in [0.25, 0.3) is 0 Å². The van der Waals surface area contributed by atoms with Crippen LogP contribution >= 0.6 is 22.9 Å². The number of imidazole rings is 1. The van der Waals surface area contributed by atoms with E-state index in [2.05, 4.69) is 15.0 Å². The van der Waals surface area contributed by atoms with E-state index in [1.165, 1.54) is 11.3 Å². The third-order valence-corrected chi connectivity index (χ3v) is 3.46. The van der Waals surface area contributed by atoms with Crippen molar-refractivity contribution in [2.75, 3.05) is 5.73 Å². The van der Waals surface area contributed by atoms with Crippen molar-refractivity contribution in [3.05, 3.63) is 23.2 Å². The average molecular weight is 266 g/mol. The lowest BCUT2D eigenvalue weighted by atomic mass is 10.2. The van der Waals surface area contributed by atoms with Crippen LogP contribution in [0.25, 0.3) is 21.5 Å². The number of aromatic nitrogens is 4. The van der Waals surface area contributed by atoms with Gasteiger partial charge in [0.2, 0.25) is 5.28 Å². The Hall–Kier alpha value is -1.66. The largest absolute Gasteiger partial charge is 0.383 e. The Kier molecular flexibility index (Phi) is 2.27. The van der Waals surface area contributed by atoms with Crippen molar-refractivity contribution in [1.82, 2.24) is 19.5 Å². The first kappa shape index (κ1) is 10.5. The first-order valence-corrected chi connectivity index (χ1v) is 6.09. The summed E-state index contributed by atoms with van der Waals surface area (Å²) in [6.45, 7) is 0. The fourth-order valence-corrected chi connectivity index (χ4v) is 2.85. The maximum absolute atomic E-state index is 5.88. The second-order valence-electron chi connectivity index (χ2n) is 3.63. The molecular formula is C10H8ClN5S. The molecule has 86 valence electrons. The molecule has 0 aliphatic heterocycles. The molecule has 0 aliphatic carbocycles.